The van der Waals surface area contributed by atoms with Crippen LogP contribution in [0.15, 0.2) is 60.8 Å². The molecule has 0 spiro atoms. The minimum absolute atomic E-state index is 0.0464. The van der Waals surface area contributed by atoms with Gasteiger partial charge in [-0.05, 0) is 70.6 Å². The molecule has 0 aromatic heterocycles. The molecule has 0 fully saturated rings. The van der Waals surface area contributed by atoms with E-state index in [-0.39, 0.29) is 26.1 Å². The number of rotatable bonds is 47. The number of likely N-dealkylation sites (N-methyl/N-ethyl adjacent to an activating group) is 1. The van der Waals surface area contributed by atoms with Crippen molar-refractivity contribution in [3.8, 4) is 0 Å². The summed E-state index contributed by atoms with van der Waals surface area (Å²) in [7, 11) is 1.12. The molecule has 0 heterocycles. The lowest BCUT2D eigenvalue weighted by Gasteiger charge is -2.28. The number of quaternary nitrogens is 1. The Kier molecular flexibility index (Phi) is 44.2. The molecular formula is C54H98NO8P. The molecule has 0 saturated heterocycles. The van der Waals surface area contributed by atoms with E-state index in [1.165, 1.54) is 141 Å². The van der Waals surface area contributed by atoms with Crippen molar-refractivity contribution in [3.63, 3.8) is 0 Å². The zero-order valence-electron chi connectivity index (χ0n) is 42.0. The lowest BCUT2D eigenvalue weighted by Crippen LogP contribution is -2.37. The third kappa shape index (κ3) is 49.2. The van der Waals surface area contributed by atoms with Gasteiger partial charge < -0.3 is 27.9 Å². The fourth-order valence-corrected chi connectivity index (χ4v) is 7.67. The monoisotopic (exact) mass is 920 g/mol. The number of carbonyl (C=O) groups excluding carboxylic acids is 2. The predicted molar refractivity (Wildman–Crippen MR) is 268 cm³/mol. The molecule has 1 unspecified atom stereocenters. The number of hydrogen-bond donors (Lipinski definition) is 0. The topological polar surface area (TPSA) is 111 Å². The smallest absolute Gasteiger partial charge is 0.306 e. The van der Waals surface area contributed by atoms with Gasteiger partial charge in [-0.2, -0.15) is 0 Å². The summed E-state index contributed by atoms with van der Waals surface area (Å²) < 4.78 is 33.9. The van der Waals surface area contributed by atoms with Crippen LogP contribution in [0.2, 0.25) is 0 Å². The zero-order chi connectivity index (χ0) is 47.1. The molecule has 2 atom stereocenters. The summed E-state index contributed by atoms with van der Waals surface area (Å²) in [6.07, 6.45) is 57.1. The maximum Gasteiger partial charge on any atom is 0.306 e. The second-order valence-electron chi connectivity index (χ2n) is 18.5. The second kappa shape index (κ2) is 45.8. The van der Waals surface area contributed by atoms with Crippen molar-refractivity contribution in [2.75, 3.05) is 47.5 Å². The molecule has 10 heteroatoms. The van der Waals surface area contributed by atoms with Crippen molar-refractivity contribution in [1.82, 2.24) is 0 Å². The highest BCUT2D eigenvalue weighted by atomic mass is 31.2. The molecule has 0 aromatic rings. The van der Waals surface area contributed by atoms with Crippen LogP contribution < -0.4 is 4.89 Å². The summed E-state index contributed by atoms with van der Waals surface area (Å²) in [6, 6.07) is 0. The van der Waals surface area contributed by atoms with E-state index in [9.17, 15) is 19.0 Å². The Morgan fingerprint density at radius 3 is 1.30 bits per heavy atom. The first-order chi connectivity index (χ1) is 31.0. The molecule has 64 heavy (non-hydrogen) atoms. The van der Waals surface area contributed by atoms with Crippen LogP contribution in [0.4, 0.5) is 0 Å². The van der Waals surface area contributed by atoms with Crippen LogP contribution >= 0.6 is 7.82 Å². The average molecular weight is 920 g/mol. The summed E-state index contributed by atoms with van der Waals surface area (Å²) in [5.74, 6) is -0.935. The van der Waals surface area contributed by atoms with Gasteiger partial charge in [0.25, 0.3) is 7.82 Å². The first kappa shape index (κ1) is 61.7. The molecule has 0 N–H and O–H groups in total. The van der Waals surface area contributed by atoms with Gasteiger partial charge in [-0.15, -0.1) is 0 Å². The van der Waals surface area contributed by atoms with Crippen molar-refractivity contribution < 1.29 is 42.1 Å². The quantitative estimate of drug-likeness (QED) is 0.0195. The SMILES string of the molecule is CCCCC/C=C/C/C=C/C/C=C/C/C=C/CCCC(=O)O[C@@H](COC(=O)CCC/C=C/CCCCCCCCCCCCCCCCCCCC)COP(=O)([O-])OCC[N+](C)(C)C. The van der Waals surface area contributed by atoms with Gasteiger partial charge in [0.15, 0.2) is 6.10 Å². The number of allylic oxidation sites excluding steroid dienone is 10. The van der Waals surface area contributed by atoms with E-state index in [4.69, 9.17) is 18.5 Å². The number of ether oxygens (including phenoxy) is 2. The summed E-state index contributed by atoms with van der Waals surface area (Å²) >= 11 is 0. The molecule has 0 radical (unpaired) electrons. The highest BCUT2D eigenvalue weighted by Crippen LogP contribution is 2.38. The Bertz CT molecular complexity index is 1270. The van der Waals surface area contributed by atoms with Crippen molar-refractivity contribution in [2.24, 2.45) is 0 Å². The molecule has 9 nitrogen and oxygen atoms in total. The molecular weight excluding hydrogens is 822 g/mol. The highest BCUT2D eigenvalue weighted by molar-refractivity contribution is 7.45. The van der Waals surface area contributed by atoms with E-state index in [0.717, 1.165) is 32.1 Å². The number of unbranched alkanes of at least 4 members (excludes halogenated alkanes) is 23. The Labute approximate surface area is 394 Å². The van der Waals surface area contributed by atoms with Crippen LogP contribution in [0, 0.1) is 0 Å². The first-order valence-electron chi connectivity index (χ1n) is 26.0. The molecule has 0 aliphatic rings. The Morgan fingerprint density at radius 2 is 0.844 bits per heavy atom. The van der Waals surface area contributed by atoms with E-state index in [1.807, 2.05) is 27.2 Å². The maximum absolute atomic E-state index is 12.7. The van der Waals surface area contributed by atoms with Crippen molar-refractivity contribution in [3.05, 3.63) is 60.8 Å². The van der Waals surface area contributed by atoms with Gasteiger partial charge in [0, 0.05) is 12.8 Å². The first-order valence-corrected chi connectivity index (χ1v) is 27.5. The van der Waals surface area contributed by atoms with E-state index in [1.54, 1.807) is 0 Å². The fourth-order valence-electron chi connectivity index (χ4n) is 6.95. The van der Waals surface area contributed by atoms with Gasteiger partial charge in [-0.3, -0.25) is 14.2 Å². The van der Waals surface area contributed by atoms with E-state index in [2.05, 4.69) is 68.5 Å². The number of hydrogen-bond acceptors (Lipinski definition) is 8. The van der Waals surface area contributed by atoms with Gasteiger partial charge in [0.2, 0.25) is 0 Å². The van der Waals surface area contributed by atoms with E-state index >= 15 is 0 Å². The number of phosphoric ester groups is 1. The van der Waals surface area contributed by atoms with Crippen molar-refractivity contribution >= 4 is 19.8 Å². The highest BCUT2D eigenvalue weighted by Gasteiger charge is 2.21. The van der Waals surface area contributed by atoms with Crippen LogP contribution in [0.25, 0.3) is 0 Å². The van der Waals surface area contributed by atoms with Crippen molar-refractivity contribution in [1.29, 1.82) is 0 Å². The molecule has 0 aliphatic heterocycles. The normalized spacial score (nSPS) is 13.9. The number of phosphoric acid groups is 1. The Morgan fingerprint density at radius 1 is 0.484 bits per heavy atom. The minimum atomic E-state index is -4.65. The summed E-state index contributed by atoms with van der Waals surface area (Å²) in [5, 5.41) is 0. The number of esters is 2. The van der Waals surface area contributed by atoms with E-state index < -0.39 is 32.5 Å². The van der Waals surface area contributed by atoms with Crippen LogP contribution in [-0.2, 0) is 32.7 Å². The lowest BCUT2D eigenvalue weighted by atomic mass is 10.0. The molecule has 0 bridgehead atoms. The summed E-state index contributed by atoms with van der Waals surface area (Å²) in [6.45, 7) is 4.12. The molecule has 372 valence electrons. The van der Waals surface area contributed by atoms with Crippen LogP contribution in [0.5, 0.6) is 0 Å². The number of carbonyl (C=O) groups is 2. The van der Waals surface area contributed by atoms with Crippen LogP contribution in [-0.4, -0.2) is 70.0 Å². The van der Waals surface area contributed by atoms with Gasteiger partial charge in [-0.1, -0.05) is 197 Å². The largest absolute Gasteiger partial charge is 0.756 e. The summed E-state index contributed by atoms with van der Waals surface area (Å²) in [5.41, 5.74) is 0. The van der Waals surface area contributed by atoms with Gasteiger partial charge in [0.05, 0.1) is 27.7 Å². The van der Waals surface area contributed by atoms with Crippen molar-refractivity contribution in [2.45, 2.75) is 225 Å². The predicted octanol–water partition coefficient (Wildman–Crippen LogP) is 15.0. The van der Waals surface area contributed by atoms with E-state index in [0.29, 0.717) is 30.3 Å². The number of nitrogens with zero attached hydrogens (tertiary/aromatic N) is 1. The fraction of sp³-hybridized carbons (Fsp3) is 0.778. The third-order valence-corrected chi connectivity index (χ3v) is 12.0. The molecule has 0 saturated carbocycles. The van der Waals surface area contributed by atoms with Crippen LogP contribution in [0.1, 0.15) is 219 Å². The molecule has 0 aliphatic carbocycles. The zero-order valence-corrected chi connectivity index (χ0v) is 42.9. The van der Waals surface area contributed by atoms with Gasteiger partial charge in [0.1, 0.15) is 19.8 Å². The third-order valence-electron chi connectivity index (χ3n) is 11.0. The van der Waals surface area contributed by atoms with Gasteiger partial charge in [-0.25, -0.2) is 0 Å². The molecule has 0 amide bonds. The minimum Gasteiger partial charge on any atom is -0.756 e. The van der Waals surface area contributed by atoms with Gasteiger partial charge >= 0.3 is 11.9 Å². The molecule has 0 aromatic carbocycles. The Balaban J connectivity index is 4.31. The Hall–Kier alpha value is -2.29. The average Bonchev–Trinajstić information content (AvgIpc) is 3.25. The molecule has 0 rings (SSSR count). The lowest BCUT2D eigenvalue weighted by molar-refractivity contribution is -0.870. The maximum atomic E-state index is 12.7. The standard InChI is InChI=1S/C54H98NO8P/c1-6-8-10-12-14-16-18-20-22-24-25-26-27-28-29-31-32-34-36-38-40-42-44-46-53(56)60-50-52(51-62-64(58,59)61-49-48-55(3,4)5)63-54(57)47-45-43-41-39-37-35-33-30-23-21-19-17-15-13-11-9-7-2/h15,17,21,23,33,35,38-41,52H,6-14,16,18-20,22,24-32,34,36-37,42-51H2,1-5H3/b17-15+,23-21+,35-33+,40-38+,41-39+/t52-/m0/s1. The summed E-state index contributed by atoms with van der Waals surface area (Å²) in [4.78, 5) is 37.7. The second-order valence-corrected chi connectivity index (χ2v) is 19.9. The van der Waals surface area contributed by atoms with Crippen LogP contribution in [0.3, 0.4) is 0 Å².